The number of aromatic hydroxyl groups is 1. The van der Waals surface area contributed by atoms with E-state index in [1.165, 1.54) is 21.6 Å². The summed E-state index contributed by atoms with van der Waals surface area (Å²) in [6.07, 6.45) is 3.08. The number of phenols is 1. The van der Waals surface area contributed by atoms with Gasteiger partial charge in [-0.25, -0.2) is 0 Å². The highest BCUT2D eigenvalue weighted by Crippen LogP contribution is 2.34. The lowest BCUT2D eigenvalue weighted by Gasteiger charge is -2.32. The van der Waals surface area contributed by atoms with Crippen molar-refractivity contribution in [3.8, 4) is 11.5 Å². The molecule has 3 rings (SSSR count). The molecule has 1 unspecified atom stereocenters. The fourth-order valence-electron chi connectivity index (χ4n) is 3.47. The first-order valence-corrected chi connectivity index (χ1v) is 8.43. The maximum Gasteiger partial charge on any atom is 0.160 e. The lowest BCUT2D eigenvalue weighted by atomic mass is 9.89. The fourth-order valence-corrected chi connectivity index (χ4v) is 3.59. The number of aryl methyl sites for hydroxylation is 1. The smallest absolute Gasteiger partial charge is 0.160 e. The van der Waals surface area contributed by atoms with Crippen LogP contribution in [-0.4, -0.2) is 25.8 Å². The van der Waals surface area contributed by atoms with Crippen molar-refractivity contribution >= 4 is 11.6 Å². The number of fused-ring (bicyclic) bond motifs is 1. The van der Waals surface area contributed by atoms with Gasteiger partial charge in [-0.15, -0.1) is 0 Å². The summed E-state index contributed by atoms with van der Waals surface area (Å²) in [5.41, 5.74) is 3.85. The summed E-state index contributed by atoms with van der Waals surface area (Å²) in [6, 6.07) is 12.3. The largest absolute Gasteiger partial charge is 0.504 e. The molecule has 0 bridgehead atoms. The van der Waals surface area contributed by atoms with Crippen molar-refractivity contribution in [1.29, 1.82) is 0 Å². The number of ether oxygens (including phenoxy) is 1. The molecule has 0 aliphatic carbocycles. The van der Waals surface area contributed by atoms with E-state index in [4.69, 9.17) is 16.3 Å². The van der Waals surface area contributed by atoms with Crippen LogP contribution in [-0.2, 0) is 12.8 Å². The van der Waals surface area contributed by atoms with Crippen LogP contribution in [0.1, 0.15) is 29.2 Å². The number of halogens is 1. The van der Waals surface area contributed by atoms with Gasteiger partial charge in [0.2, 0.25) is 0 Å². The summed E-state index contributed by atoms with van der Waals surface area (Å²) in [4.78, 5) is 1.50. The molecule has 0 saturated heterocycles. The number of nitrogens with one attached hydrogen (secondary N) is 1. The summed E-state index contributed by atoms with van der Waals surface area (Å²) in [5.74, 6) is 0.803. The zero-order valence-corrected chi connectivity index (χ0v) is 14.4. The number of quaternary nitrogens is 1. The third-order valence-corrected chi connectivity index (χ3v) is 5.09. The van der Waals surface area contributed by atoms with Crippen LogP contribution in [0, 0.1) is 0 Å². The van der Waals surface area contributed by atoms with Gasteiger partial charge in [0.1, 0.15) is 6.04 Å². The van der Waals surface area contributed by atoms with Gasteiger partial charge in [0.05, 0.1) is 20.7 Å². The van der Waals surface area contributed by atoms with Crippen LogP contribution >= 0.6 is 11.6 Å². The molecular weight excluding hydrogens is 310 g/mol. The Morgan fingerprint density at radius 3 is 2.70 bits per heavy atom. The van der Waals surface area contributed by atoms with E-state index < -0.39 is 0 Å². The van der Waals surface area contributed by atoms with E-state index in [1.54, 1.807) is 7.11 Å². The van der Waals surface area contributed by atoms with Crippen LogP contribution in [0.5, 0.6) is 11.5 Å². The molecule has 2 N–H and O–H groups in total. The second-order valence-corrected chi connectivity index (χ2v) is 6.72. The number of rotatable bonds is 4. The van der Waals surface area contributed by atoms with E-state index in [1.807, 2.05) is 24.3 Å². The Morgan fingerprint density at radius 2 is 2.00 bits per heavy atom. The Balaban J connectivity index is 1.82. The summed E-state index contributed by atoms with van der Waals surface area (Å²) >= 11 is 5.95. The molecule has 0 aromatic heterocycles. The van der Waals surface area contributed by atoms with Crippen molar-refractivity contribution in [2.45, 2.75) is 25.3 Å². The minimum atomic E-state index is 0.234. The van der Waals surface area contributed by atoms with Crippen molar-refractivity contribution in [3.63, 3.8) is 0 Å². The molecule has 1 aliphatic rings. The van der Waals surface area contributed by atoms with Crippen molar-refractivity contribution in [2.24, 2.45) is 0 Å². The molecule has 2 aromatic rings. The van der Waals surface area contributed by atoms with Gasteiger partial charge < -0.3 is 14.7 Å². The van der Waals surface area contributed by atoms with Crippen LogP contribution in [0.15, 0.2) is 36.4 Å². The number of likely N-dealkylation sites (N-methyl/N-ethyl adjacent to an activating group) is 1. The van der Waals surface area contributed by atoms with E-state index in [2.05, 4.69) is 19.2 Å². The maximum atomic E-state index is 10.1. The fraction of sp³-hybridized carbons (Fsp3) is 0.368. The van der Waals surface area contributed by atoms with Crippen molar-refractivity contribution in [1.82, 2.24) is 0 Å². The Hall–Kier alpha value is -1.71. The second-order valence-electron chi connectivity index (χ2n) is 6.29. The third kappa shape index (κ3) is 3.46. The lowest BCUT2D eigenvalue weighted by molar-refractivity contribution is -0.915. The van der Waals surface area contributed by atoms with Gasteiger partial charge in [0, 0.05) is 23.4 Å². The number of methoxy groups -OCH3 is 1. The number of hydrogen-bond acceptors (Lipinski definition) is 2. The van der Waals surface area contributed by atoms with Crippen LogP contribution in [0.4, 0.5) is 0 Å². The Kier molecular flexibility index (Phi) is 4.79. The van der Waals surface area contributed by atoms with Gasteiger partial charge in [0.15, 0.2) is 11.5 Å². The molecule has 0 saturated carbocycles. The standard InChI is InChI=1S/C19H22ClNO2/c1-21-10-9-14-11-19(23-2)18(22)12-16(14)17(21)8-5-13-3-6-15(20)7-4-13/h3-4,6-7,11-12,17,22H,5,8-10H2,1-2H3/p+1/t17-/m1/s1. The molecule has 0 radical (unpaired) electrons. The molecule has 0 spiro atoms. The Bertz CT molecular complexity index is 685. The highest BCUT2D eigenvalue weighted by atomic mass is 35.5. The van der Waals surface area contributed by atoms with Gasteiger partial charge in [-0.1, -0.05) is 23.7 Å². The van der Waals surface area contributed by atoms with Gasteiger partial charge in [-0.2, -0.15) is 0 Å². The molecular formula is C19H23ClNO2+. The van der Waals surface area contributed by atoms with Crippen molar-refractivity contribution in [3.05, 3.63) is 58.1 Å². The quantitative estimate of drug-likeness (QED) is 0.902. The first-order valence-electron chi connectivity index (χ1n) is 8.05. The summed E-state index contributed by atoms with van der Waals surface area (Å²) in [5, 5.41) is 10.9. The topological polar surface area (TPSA) is 33.9 Å². The zero-order chi connectivity index (χ0) is 16.4. The Morgan fingerprint density at radius 1 is 1.26 bits per heavy atom. The molecule has 1 aliphatic heterocycles. The van der Waals surface area contributed by atoms with Crippen LogP contribution < -0.4 is 9.64 Å². The van der Waals surface area contributed by atoms with Gasteiger partial charge >= 0.3 is 0 Å². The van der Waals surface area contributed by atoms with Crippen molar-refractivity contribution < 1.29 is 14.7 Å². The molecule has 2 aromatic carbocycles. The van der Waals surface area contributed by atoms with Gasteiger partial charge in [0.25, 0.3) is 0 Å². The monoisotopic (exact) mass is 332 g/mol. The summed E-state index contributed by atoms with van der Waals surface area (Å²) < 4.78 is 5.24. The summed E-state index contributed by atoms with van der Waals surface area (Å²) in [6.45, 7) is 1.10. The normalized spacial score (nSPS) is 20.1. The van der Waals surface area contributed by atoms with Gasteiger partial charge in [-0.3, -0.25) is 0 Å². The predicted molar refractivity (Wildman–Crippen MR) is 92.6 cm³/mol. The molecule has 2 atom stereocenters. The summed E-state index contributed by atoms with van der Waals surface area (Å²) in [7, 11) is 3.83. The highest BCUT2D eigenvalue weighted by Gasteiger charge is 2.29. The highest BCUT2D eigenvalue weighted by molar-refractivity contribution is 6.30. The number of benzene rings is 2. The molecule has 1 heterocycles. The maximum absolute atomic E-state index is 10.1. The predicted octanol–water partition coefficient (Wildman–Crippen LogP) is 2.80. The minimum Gasteiger partial charge on any atom is -0.504 e. The van der Waals surface area contributed by atoms with E-state index in [0.717, 1.165) is 30.8 Å². The van der Waals surface area contributed by atoms with Crippen LogP contribution in [0.2, 0.25) is 5.02 Å². The van der Waals surface area contributed by atoms with Crippen LogP contribution in [0.25, 0.3) is 0 Å². The molecule has 122 valence electrons. The average molecular weight is 333 g/mol. The van der Waals surface area contributed by atoms with Crippen LogP contribution in [0.3, 0.4) is 0 Å². The molecule has 4 heteroatoms. The minimum absolute atomic E-state index is 0.234. The Labute approximate surface area is 142 Å². The van der Waals surface area contributed by atoms with E-state index in [-0.39, 0.29) is 5.75 Å². The van der Waals surface area contributed by atoms with Gasteiger partial charge in [-0.05, 0) is 41.8 Å². The van der Waals surface area contributed by atoms with E-state index >= 15 is 0 Å². The first kappa shape index (κ1) is 16.2. The average Bonchev–Trinajstić information content (AvgIpc) is 2.55. The first-order chi connectivity index (χ1) is 11.1. The van der Waals surface area contributed by atoms with Crippen molar-refractivity contribution in [2.75, 3.05) is 20.7 Å². The SMILES string of the molecule is COc1cc2c(cc1O)[C@@H](CCc1ccc(Cl)cc1)[NH+](C)CC2. The number of phenolic OH excluding ortho intramolecular Hbond substituents is 1. The number of hydrogen-bond donors (Lipinski definition) is 2. The third-order valence-electron chi connectivity index (χ3n) is 4.83. The molecule has 0 amide bonds. The lowest BCUT2D eigenvalue weighted by Crippen LogP contribution is -3.10. The van der Waals surface area contributed by atoms with E-state index in [0.29, 0.717) is 11.8 Å². The second kappa shape index (κ2) is 6.81. The molecule has 23 heavy (non-hydrogen) atoms. The van der Waals surface area contributed by atoms with E-state index in [9.17, 15) is 5.11 Å². The zero-order valence-electron chi connectivity index (χ0n) is 13.6. The molecule has 0 fully saturated rings. The molecule has 3 nitrogen and oxygen atoms in total.